The number of aromatic nitrogens is 4. The Hall–Kier alpha value is -3.36. The van der Waals surface area contributed by atoms with Gasteiger partial charge in [-0.05, 0) is 26.0 Å². The molecular weight excluding hydrogens is 443 g/mol. The van der Waals surface area contributed by atoms with E-state index in [0.717, 1.165) is 0 Å². The highest BCUT2D eigenvalue weighted by Crippen LogP contribution is 2.50. The van der Waals surface area contributed by atoms with Crippen molar-refractivity contribution in [2.75, 3.05) is 19.0 Å². The fourth-order valence-corrected chi connectivity index (χ4v) is 5.41. The maximum absolute atomic E-state index is 15.1. The number of halogens is 1. The lowest BCUT2D eigenvalue weighted by Gasteiger charge is -2.47. The van der Waals surface area contributed by atoms with Crippen molar-refractivity contribution in [2.24, 2.45) is 16.6 Å². The highest BCUT2D eigenvalue weighted by Gasteiger charge is 2.50. The van der Waals surface area contributed by atoms with Crippen molar-refractivity contribution in [3.8, 4) is 6.07 Å². The fraction of sp³-hybridized carbons (Fsp3) is 0.364. The molecule has 0 saturated heterocycles. The van der Waals surface area contributed by atoms with Crippen LogP contribution in [0, 0.1) is 23.2 Å². The Morgan fingerprint density at radius 3 is 2.76 bits per heavy atom. The van der Waals surface area contributed by atoms with Crippen LogP contribution in [0.3, 0.4) is 0 Å². The number of nitriles is 1. The van der Waals surface area contributed by atoms with Crippen molar-refractivity contribution in [1.82, 2.24) is 19.9 Å². The molecular formula is C22H23FN8OS. The Morgan fingerprint density at radius 2 is 2.03 bits per heavy atom. The second kappa shape index (κ2) is 8.53. The van der Waals surface area contributed by atoms with Gasteiger partial charge in [0.25, 0.3) is 0 Å². The summed E-state index contributed by atoms with van der Waals surface area (Å²) in [5, 5.41) is 12.6. The quantitative estimate of drug-likeness (QED) is 0.542. The second-order valence-corrected chi connectivity index (χ2v) is 9.84. The van der Waals surface area contributed by atoms with Gasteiger partial charge in [0.1, 0.15) is 17.9 Å². The molecule has 0 saturated carbocycles. The third kappa shape index (κ3) is 4.07. The number of rotatable bonds is 5. The molecule has 0 radical (unpaired) electrons. The molecule has 0 aromatic carbocycles. The normalized spacial score (nSPS) is 24.8. The van der Waals surface area contributed by atoms with Gasteiger partial charge < -0.3 is 15.8 Å². The molecule has 170 valence electrons. The molecule has 9 nitrogen and oxygen atoms in total. The van der Waals surface area contributed by atoms with E-state index in [1.54, 1.807) is 19.2 Å². The summed E-state index contributed by atoms with van der Waals surface area (Å²) in [6.07, 6.45) is 4.19. The van der Waals surface area contributed by atoms with Crippen molar-refractivity contribution in [1.29, 1.82) is 5.26 Å². The molecule has 0 fully saturated rings. The number of nitrogens with two attached hydrogens (primary N) is 1. The van der Waals surface area contributed by atoms with Gasteiger partial charge in [-0.2, -0.15) is 9.65 Å². The Bertz CT molecular complexity index is 1300. The number of ether oxygens (including phenoxy) is 1. The van der Waals surface area contributed by atoms with E-state index in [0.29, 0.717) is 45.4 Å². The molecule has 3 atom stereocenters. The van der Waals surface area contributed by atoms with Crippen molar-refractivity contribution in [3.63, 3.8) is 0 Å². The molecule has 1 unspecified atom stereocenters. The van der Waals surface area contributed by atoms with Gasteiger partial charge in [0, 0.05) is 29.5 Å². The Balaban J connectivity index is 1.76. The van der Waals surface area contributed by atoms with E-state index in [1.807, 2.05) is 26.8 Å². The van der Waals surface area contributed by atoms with E-state index >= 15 is 4.39 Å². The molecule has 11 heteroatoms. The molecule has 3 aromatic heterocycles. The third-order valence-electron chi connectivity index (χ3n) is 6.12. The number of hydrogen-bond acceptors (Lipinski definition) is 10. The molecule has 1 aliphatic heterocycles. The van der Waals surface area contributed by atoms with Crippen LogP contribution in [0.2, 0.25) is 0 Å². The average Bonchev–Trinajstić information content (AvgIpc) is 2.78. The Labute approximate surface area is 194 Å². The molecule has 0 aliphatic carbocycles. The number of amidine groups is 1. The molecule has 0 spiro atoms. The van der Waals surface area contributed by atoms with Gasteiger partial charge >= 0.3 is 0 Å². The fourth-order valence-electron chi connectivity index (χ4n) is 4.11. The molecule has 3 aromatic rings. The first-order chi connectivity index (χ1) is 15.7. The zero-order valence-electron chi connectivity index (χ0n) is 18.6. The first-order valence-corrected chi connectivity index (χ1v) is 11.0. The van der Waals surface area contributed by atoms with Crippen LogP contribution >= 0.6 is 11.8 Å². The summed E-state index contributed by atoms with van der Waals surface area (Å²) in [6, 6.07) is 5.33. The SMILES string of the molecule is COC[C@@]1(C)SC(N)=N[C@](C)(c2cc(Nc3ncnc4cc(C#N)cnc34)cnc2F)C1C. The number of thioether (sulfide) groups is 1. The molecule has 4 rings (SSSR count). The van der Waals surface area contributed by atoms with Crippen molar-refractivity contribution >= 4 is 39.5 Å². The predicted molar refractivity (Wildman–Crippen MR) is 126 cm³/mol. The largest absolute Gasteiger partial charge is 0.383 e. The monoisotopic (exact) mass is 466 g/mol. The Kier molecular flexibility index (Phi) is 5.90. The third-order valence-corrected chi connectivity index (χ3v) is 7.36. The smallest absolute Gasteiger partial charge is 0.218 e. The van der Waals surface area contributed by atoms with Gasteiger partial charge in [0.2, 0.25) is 5.95 Å². The summed E-state index contributed by atoms with van der Waals surface area (Å²) in [7, 11) is 1.63. The first kappa shape index (κ1) is 22.8. The minimum absolute atomic E-state index is 0.125. The summed E-state index contributed by atoms with van der Waals surface area (Å²) in [6.45, 7) is 6.33. The standard InChI is InChI=1S/C22H23FN8OS/c1-12-21(2,10-32-4)33-20(25)31-22(12,3)15-6-14(9-27-18(15)23)30-19-17-16(28-11-29-19)5-13(7-24)8-26-17/h5-6,8-9,11-12H,10H2,1-4H3,(H2,25,31)(H,28,29,30)/t12?,21-,22+/m1/s1. The summed E-state index contributed by atoms with van der Waals surface area (Å²) in [5.74, 6) is -0.337. The van der Waals surface area contributed by atoms with E-state index in [2.05, 4.69) is 30.2 Å². The van der Waals surface area contributed by atoms with Gasteiger partial charge in [-0.25, -0.2) is 19.9 Å². The van der Waals surface area contributed by atoms with E-state index in [1.165, 1.54) is 30.5 Å². The van der Waals surface area contributed by atoms with Gasteiger partial charge in [-0.15, -0.1) is 0 Å². The summed E-state index contributed by atoms with van der Waals surface area (Å²) in [5.41, 5.74) is 7.40. The highest BCUT2D eigenvalue weighted by molar-refractivity contribution is 8.15. The molecule has 4 heterocycles. The summed E-state index contributed by atoms with van der Waals surface area (Å²) >= 11 is 1.43. The second-order valence-electron chi connectivity index (χ2n) is 8.28. The maximum atomic E-state index is 15.1. The number of nitrogens with one attached hydrogen (secondary N) is 1. The van der Waals surface area contributed by atoms with Crippen LogP contribution in [0.1, 0.15) is 31.9 Å². The molecule has 1 aliphatic rings. The highest BCUT2D eigenvalue weighted by atomic mass is 32.2. The molecule has 0 bridgehead atoms. The van der Waals surface area contributed by atoms with Crippen LogP contribution in [0.25, 0.3) is 11.0 Å². The van der Waals surface area contributed by atoms with Gasteiger partial charge in [-0.1, -0.05) is 18.7 Å². The number of nitrogens with zero attached hydrogens (tertiary/aromatic N) is 6. The summed E-state index contributed by atoms with van der Waals surface area (Å²) < 4.78 is 20.1. The zero-order chi connectivity index (χ0) is 23.8. The average molecular weight is 467 g/mol. The number of fused-ring (bicyclic) bond motifs is 1. The van der Waals surface area contributed by atoms with Crippen LogP contribution in [0.4, 0.5) is 15.9 Å². The number of aliphatic imine (C=N–C) groups is 1. The van der Waals surface area contributed by atoms with E-state index < -0.39 is 16.2 Å². The minimum atomic E-state index is -0.967. The summed E-state index contributed by atoms with van der Waals surface area (Å²) in [4.78, 5) is 21.3. The van der Waals surface area contributed by atoms with E-state index in [-0.39, 0.29) is 5.92 Å². The van der Waals surface area contributed by atoms with Crippen LogP contribution in [-0.2, 0) is 10.3 Å². The molecule has 0 amide bonds. The number of anilines is 2. The Morgan fingerprint density at radius 1 is 1.24 bits per heavy atom. The number of hydrogen-bond donors (Lipinski definition) is 2. The van der Waals surface area contributed by atoms with Crippen LogP contribution in [0.5, 0.6) is 0 Å². The van der Waals surface area contributed by atoms with E-state index in [9.17, 15) is 0 Å². The maximum Gasteiger partial charge on any atom is 0.218 e. The molecule has 3 N–H and O–H groups in total. The lowest BCUT2D eigenvalue weighted by atomic mass is 9.74. The number of pyridine rings is 2. The van der Waals surface area contributed by atoms with Crippen LogP contribution in [-0.4, -0.2) is 43.6 Å². The van der Waals surface area contributed by atoms with E-state index in [4.69, 9.17) is 15.7 Å². The van der Waals surface area contributed by atoms with Crippen molar-refractivity contribution < 1.29 is 9.13 Å². The predicted octanol–water partition coefficient (Wildman–Crippen LogP) is 3.49. The lowest BCUT2D eigenvalue weighted by molar-refractivity contribution is 0.124. The number of methoxy groups -OCH3 is 1. The van der Waals surface area contributed by atoms with Gasteiger partial charge in [0.15, 0.2) is 11.0 Å². The minimum Gasteiger partial charge on any atom is -0.383 e. The van der Waals surface area contributed by atoms with Crippen molar-refractivity contribution in [2.45, 2.75) is 31.1 Å². The van der Waals surface area contributed by atoms with Crippen molar-refractivity contribution in [3.05, 3.63) is 47.9 Å². The van der Waals surface area contributed by atoms with Gasteiger partial charge in [-0.3, -0.25) is 4.99 Å². The topological polar surface area (TPSA) is 135 Å². The first-order valence-electron chi connectivity index (χ1n) is 10.2. The lowest BCUT2D eigenvalue weighted by Crippen LogP contribution is -2.50. The van der Waals surface area contributed by atoms with Gasteiger partial charge in [0.05, 0.1) is 35.1 Å². The van der Waals surface area contributed by atoms with Crippen LogP contribution in [0.15, 0.2) is 35.8 Å². The van der Waals surface area contributed by atoms with Crippen LogP contribution < -0.4 is 11.1 Å². The zero-order valence-corrected chi connectivity index (χ0v) is 19.4. The molecule has 33 heavy (non-hydrogen) atoms.